The fraction of sp³-hybridized carbons (Fsp3) is 0.111. The van der Waals surface area contributed by atoms with E-state index in [1.54, 1.807) is 37.3 Å². The van der Waals surface area contributed by atoms with Gasteiger partial charge in [0.2, 0.25) is 5.43 Å². The van der Waals surface area contributed by atoms with Gasteiger partial charge in [-0.15, -0.1) is 0 Å². The average Bonchev–Trinajstić information content (AvgIpc) is 2.59. The molecule has 6 heteroatoms. The Hall–Kier alpha value is -2.66. The van der Waals surface area contributed by atoms with Crippen LogP contribution in [0.3, 0.4) is 0 Å². The van der Waals surface area contributed by atoms with Crippen molar-refractivity contribution < 1.29 is 9.18 Å². The van der Waals surface area contributed by atoms with Crippen LogP contribution in [0.25, 0.3) is 10.9 Å². The number of carbonyl (C=O) groups excluding carboxylic acids is 1. The molecule has 24 heavy (non-hydrogen) atoms. The van der Waals surface area contributed by atoms with Gasteiger partial charge in [-0.1, -0.05) is 23.7 Å². The van der Waals surface area contributed by atoms with Crippen molar-refractivity contribution in [3.63, 3.8) is 0 Å². The number of benzene rings is 2. The number of H-pyrrole nitrogens is 1. The molecule has 3 rings (SSSR count). The largest absolute Gasteiger partial charge is 0.360 e. The normalized spacial score (nSPS) is 10.8. The van der Waals surface area contributed by atoms with Gasteiger partial charge in [-0.2, -0.15) is 0 Å². The second kappa shape index (κ2) is 6.45. The summed E-state index contributed by atoms with van der Waals surface area (Å²) >= 11 is 5.68. The lowest BCUT2D eigenvalue weighted by Crippen LogP contribution is -2.34. The van der Waals surface area contributed by atoms with Crippen LogP contribution >= 0.6 is 11.6 Å². The maximum absolute atomic E-state index is 13.7. The van der Waals surface area contributed by atoms with E-state index in [4.69, 9.17) is 11.6 Å². The maximum atomic E-state index is 13.7. The number of nitrogens with zero attached hydrogens (tertiary/aromatic N) is 1. The van der Waals surface area contributed by atoms with Crippen LogP contribution in [-0.2, 0) is 0 Å². The molecule has 0 bridgehead atoms. The first-order chi connectivity index (χ1) is 11.5. The van der Waals surface area contributed by atoms with Crippen molar-refractivity contribution in [2.24, 2.45) is 0 Å². The Morgan fingerprint density at radius 3 is 2.71 bits per heavy atom. The summed E-state index contributed by atoms with van der Waals surface area (Å²) in [6.45, 7) is 2.03. The maximum Gasteiger partial charge on any atom is 0.263 e. The molecule has 2 aromatic carbocycles. The lowest BCUT2D eigenvalue weighted by molar-refractivity contribution is 0.0987. The number of hydrogen-bond acceptors (Lipinski definition) is 2. The molecule has 1 aromatic heterocycles. The molecule has 0 saturated carbocycles. The number of fused-ring (bicyclic) bond motifs is 1. The molecular weight excluding hydrogens is 331 g/mol. The summed E-state index contributed by atoms with van der Waals surface area (Å²) in [6.07, 6.45) is 1.39. The molecule has 0 aliphatic heterocycles. The SMILES string of the molecule is CCN(C(=O)c1c[nH]c2ccccc2c1=O)c1ccc(Cl)c(F)c1. The van der Waals surface area contributed by atoms with Crippen molar-refractivity contribution in [3.05, 3.63) is 75.3 Å². The molecule has 1 amide bonds. The van der Waals surface area contributed by atoms with Crippen molar-refractivity contribution in [2.45, 2.75) is 6.92 Å². The number of rotatable bonds is 3. The number of carbonyl (C=O) groups is 1. The fourth-order valence-corrected chi connectivity index (χ4v) is 2.69. The van der Waals surface area contributed by atoms with Gasteiger partial charge in [-0.05, 0) is 37.3 Å². The van der Waals surface area contributed by atoms with E-state index in [1.165, 1.54) is 23.2 Å². The minimum atomic E-state index is -0.618. The van der Waals surface area contributed by atoms with Gasteiger partial charge >= 0.3 is 0 Å². The second-order valence-electron chi connectivity index (χ2n) is 5.22. The van der Waals surface area contributed by atoms with Crippen LogP contribution in [0.2, 0.25) is 5.02 Å². The molecule has 3 aromatic rings. The van der Waals surface area contributed by atoms with Crippen molar-refractivity contribution in [2.75, 3.05) is 11.4 Å². The van der Waals surface area contributed by atoms with E-state index in [-0.39, 0.29) is 22.6 Å². The Morgan fingerprint density at radius 1 is 1.25 bits per heavy atom. The first kappa shape index (κ1) is 16.2. The van der Waals surface area contributed by atoms with Crippen LogP contribution < -0.4 is 10.3 Å². The number of pyridine rings is 1. The molecule has 0 saturated heterocycles. The van der Waals surface area contributed by atoms with E-state index in [0.29, 0.717) is 16.6 Å². The van der Waals surface area contributed by atoms with Crippen LogP contribution in [0, 0.1) is 5.82 Å². The molecule has 0 fully saturated rings. The summed E-state index contributed by atoms with van der Waals surface area (Å²) in [7, 11) is 0. The van der Waals surface area contributed by atoms with E-state index in [2.05, 4.69) is 4.98 Å². The lowest BCUT2D eigenvalue weighted by Gasteiger charge is -2.21. The second-order valence-corrected chi connectivity index (χ2v) is 5.63. The number of nitrogens with one attached hydrogen (secondary N) is 1. The van der Waals surface area contributed by atoms with E-state index in [9.17, 15) is 14.0 Å². The number of para-hydroxylation sites is 1. The topological polar surface area (TPSA) is 53.2 Å². The van der Waals surface area contributed by atoms with Crippen LogP contribution in [0.4, 0.5) is 10.1 Å². The number of anilines is 1. The first-order valence-corrected chi connectivity index (χ1v) is 7.78. The minimum Gasteiger partial charge on any atom is -0.360 e. The van der Waals surface area contributed by atoms with E-state index >= 15 is 0 Å². The standard InChI is InChI=1S/C18H14ClFN2O2/c1-2-22(11-7-8-14(19)15(20)9-11)18(24)13-10-21-16-6-4-3-5-12(16)17(13)23/h3-10H,2H2,1H3,(H,21,23). The lowest BCUT2D eigenvalue weighted by atomic mass is 10.1. The number of amides is 1. The zero-order valence-corrected chi connectivity index (χ0v) is 13.6. The molecule has 0 aliphatic rings. The highest BCUT2D eigenvalue weighted by Gasteiger charge is 2.21. The van der Waals surface area contributed by atoms with Crippen molar-refractivity contribution in [3.8, 4) is 0 Å². The molecule has 1 heterocycles. The smallest absolute Gasteiger partial charge is 0.263 e. The monoisotopic (exact) mass is 344 g/mol. The molecule has 0 aliphatic carbocycles. The van der Waals surface area contributed by atoms with Crippen LogP contribution in [0.1, 0.15) is 17.3 Å². The highest BCUT2D eigenvalue weighted by molar-refractivity contribution is 6.30. The van der Waals surface area contributed by atoms with Gasteiger partial charge in [0.25, 0.3) is 5.91 Å². The molecule has 0 spiro atoms. The van der Waals surface area contributed by atoms with Crippen LogP contribution in [0.5, 0.6) is 0 Å². The van der Waals surface area contributed by atoms with Crippen molar-refractivity contribution in [1.29, 1.82) is 0 Å². The predicted molar refractivity (Wildman–Crippen MR) is 93.3 cm³/mol. The van der Waals surface area contributed by atoms with Gasteiger partial charge < -0.3 is 9.88 Å². The third-order valence-corrected chi connectivity index (χ3v) is 4.10. The summed E-state index contributed by atoms with van der Waals surface area (Å²) < 4.78 is 13.7. The highest BCUT2D eigenvalue weighted by Crippen LogP contribution is 2.23. The Kier molecular flexibility index (Phi) is 4.36. The summed E-state index contributed by atoms with van der Waals surface area (Å²) in [5.74, 6) is -1.11. The quantitative estimate of drug-likeness (QED) is 0.781. The fourth-order valence-electron chi connectivity index (χ4n) is 2.57. The average molecular weight is 345 g/mol. The Morgan fingerprint density at radius 2 is 2.00 bits per heavy atom. The van der Waals surface area contributed by atoms with E-state index in [1.807, 2.05) is 0 Å². The van der Waals surface area contributed by atoms with Gasteiger partial charge in [0.15, 0.2) is 0 Å². The van der Waals surface area contributed by atoms with Crippen LogP contribution in [0.15, 0.2) is 53.5 Å². The molecule has 1 N–H and O–H groups in total. The van der Waals surface area contributed by atoms with Gasteiger partial charge in [0.1, 0.15) is 11.4 Å². The Balaban J connectivity index is 2.07. The molecule has 0 atom stereocenters. The molecule has 0 radical (unpaired) electrons. The summed E-state index contributed by atoms with van der Waals surface area (Å²) in [6, 6.07) is 11.1. The van der Waals surface area contributed by atoms with Crippen LogP contribution in [-0.4, -0.2) is 17.4 Å². The van der Waals surface area contributed by atoms with Gasteiger partial charge in [-0.3, -0.25) is 9.59 Å². The molecule has 122 valence electrons. The molecule has 4 nitrogen and oxygen atoms in total. The first-order valence-electron chi connectivity index (χ1n) is 7.40. The number of aromatic nitrogens is 1. The third-order valence-electron chi connectivity index (χ3n) is 3.79. The number of aromatic amines is 1. The predicted octanol–water partition coefficient (Wildman–Crippen LogP) is 3.99. The van der Waals surface area contributed by atoms with Crippen molar-refractivity contribution >= 4 is 34.1 Å². The van der Waals surface area contributed by atoms with E-state index < -0.39 is 11.7 Å². The Labute approximate surface area is 142 Å². The summed E-state index contributed by atoms with van der Waals surface area (Å²) in [5, 5.41) is 0.410. The van der Waals surface area contributed by atoms with Gasteiger partial charge in [0, 0.05) is 29.3 Å². The zero-order valence-electron chi connectivity index (χ0n) is 12.8. The summed E-state index contributed by atoms with van der Waals surface area (Å²) in [4.78, 5) is 29.6. The van der Waals surface area contributed by atoms with Gasteiger partial charge in [-0.25, -0.2) is 4.39 Å². The third kappa shape index (κ3) is 2.78. The minimum absolute atomic E-state index is 0.00547. The number of halogens is 2. The highest BCUT2D eigenvalue weighted by atomic mass is 35.5. The molecule has 0 unspecified atom stereocenters. The molecular formula is C18H14ClFN2O2. The Bertz CT molecular complexity index is 984. The van der Waals surface area contributed by atoms with Crippen molar-refractivity contribution in [1.82, 2.24) is 4.98 Å². The van der Waals surface area contributed by atoms with E-state index in [0.717, 1.165) is 0 Å². The number of hydrogen-bond donors (Lipinski definition) is 1. The zero-order chi connectivity index (χ0) is 17.3. The van der Waals surface area contributed by atoms with Gasteiger partial charge in [0.05, 0.1) is 5.02 Å². The summed E-state index contributed by atoms with van der Waals surface area (Å²) in [5.41, 5.74) is 0.643.